The van der Waals surface area contributed by atoms with Crippen LogP contribution in [0.4, 0.5) is 19.0 Å². The van der Waals surface area contributed by atoms with Crippen molar-refractivity contribution in [3.63, 3.8) is 0 Å². The molecule has 2 aliphatic rings. The summed E-state index contributed by atoms with van der Waals surface area (Å²) in [6.45, 7) is 2.88. The molecule has 0 bridgehead atoms. The highest BCUT2D eigenvalue weighted by Gasteiger charge is 2.33. The van der Waals surface area contributed by atoms with E-state index in [1.54, 1.807) is 4.90 Å². The molecule has 0 radical (unpaired) electrons. The Balaban J connectivity index is 1.63. The van der Waals surface area contributed by atoms with Gasteiger partial charge in [0.15, 0.2) is 0 Å². The van der Waals surface area contributed by atoms with Crippen LogP contribution in [0.25, 0.3) is 0 Å². The van der Waals surface area contributed by atoms with Gasteiger partial charge in [0.25, 0.3) is 0 Å². The minimum Gasteiger partial charge on any atom is -0.352 e. The van der Waals surface area contributed by atoms with Crippen LogP contribution >= 0.6 is 11.6 Å². The minimum atomic E-state index is -4.46. The van der Waals surface area contributed by atoms with Gasteiger partial charge < -0.3 is 15.1 Å². The molecular weight excluding hydrogens is 345 g/mol. The number of amides is 1. The third-order valence-corrected chi connectivity index (χ3v) is 4.68. The normalized spacial score (nSPS) is 22.1. The number of nitrogens with one attached hydrogen (secondary N) is 1. The fourth-order valence-electron chi connectivity index (χ4n) is 3.07. The second kappa shape index (κ2) is 6.76. The van der Waals surface area contributed by atoms with E-state index in [4.69, 9.17) is 11.6 Å². The smallest absolute Gasteiger partial charge is 0.352 e. The van der Waals surface area contributed by atoms with Gasteiger partial charge in [0, 0.05) is 32.4 Å². The first-order valence-corrected chi connectivity index (χ1v) is 8.24. The zero-order valence-electron chi connectivity index (χ0n) is 12.9. The number of halogens is 4. The Morgan fingerprint density at radius 1 is 1.29 bits per heavy atom. The van der Waals surface area contributed by atoms with E-state index in [-0.39, 0.29) is 17.0 Å². The highest BCUT2D eigenvalue weighted by atomic mass is 35.5. The lowest BCUT2D eigenvalue weighted by molar-refractivity contribution is -0.138. The van der Waals surface area contributed by atoms with Crippen LogP contribution in [0.5, 0.6) is 0 Å². The van der Waals surface area contributed by atoms with E-state index in [1.807, 2.05) is 4.90 Å². The van der Waals surface area contributed by atoms with Crippen LogP contribution in [0, 0.1) is 0 Å². The van der Waals surface area contributed by atoms with Gasteiger partial charge in [0.1, 0.15) is 5.82 Å². The number of alkyl halides is 3. The van der Waals surface area contributed by atoms with E-state index in [0.717, 1.165) is 31.6 Å². The van der Waals surface area contributed by atoms with Crippen LogP contribution < -0.4 is 10.2 Å². The van der Waals surface area contributed by atoms with Gasteiger partial charge in [-0.3, -0.25) is 4.79 Å². The summed E-state index contributed by atoms with van der Waals surface area (Å²) in [4.78, 5) is 19.8. The third-order valence-electron chi connectivity index (χ3n) is 4.40. The van der Waals surface area contributed by atoms with Crippen molar-refractivity contribution in [1.29, 1.82) is 0 Å². The average Bonchev–Trinajstić information content (AvgIpc) is 3.08. The van der Waals surface area contributed by atoms with Crippen LogP contribution in [-0.4, -0.2) is 54.6 Å². The van der Waals surface area contributed by atoms with Gasteiger partial charge in [0.05, 0.1) is 16.6 Å². The van der Waals surface area contributed by atoms with E-state index < -0.39 is 11.7 Å². The lowest BCUT2D eigenvalue weighted by Crippen LogP contribution is -2.53. The Bertz CT molecular complexity index is 611. The molecule has 2 saturated heterocycles. The van der Waals surface area contributed by atoms with Crippen LogP contribution in [0.15, 0.2) is 12.3 Å². The van der Waals surface area contributed by atoms with Gasteiger partial charge >= 0.3 is 6.18 Å². The molecule has 3 heterocycles. The van der Waals surface area contributed by atoms with Crippen molar-refractivity contribution in [1.82, 2.24) is 15.2 Å². The van der Waals surface area contributed by atoms with Gasteiger partial charge in [0.2, 0.25) is 5.91 Å². The number of aromatic nitrogens is 1. The monoisotopic (exact) mass is 362 g/mol. The second-order valence-electron chi connectivity index (χ2n) is 5.99. The fourth-order valence-corrected chi connectivity index (χ4v) is 3.36. The number of anilines is 1. The predicted molar refractivity (Wildman–Crippen MR) is 84.1 cm³/mol. The van der Waals surface area contributed by atoms with Gasteiger partial charge in [-0.15, -0.1) is 0 Å². The van der Waals surface area contributed by atoms with E-state index in [9.17, 15) is 18.0 Å². The first kappa shape index (κ1) is 17.3. The molecular formula is C15H18ClF3N4O. The van der Waals surface area contributed by atoms with Crippen LogP contribution in [0.2, 0.25) is 5.02 Å². The van der Waals surface area contributed by atoms with Crippen molar-refractivity contribution in [3.8, 4) is 0 Å². The molecule has 1 atom stereocenters. The number of hydrogen-bond acceptors (Lipinski definition) is 4. The molecule has 1 aromatic rings. The Hall–Kier alpha value is -1.54. The second-order valence-corrected chi connectivity index (χ2v) is 6.40. The van der Waals surface area contributed by atoms with Crippen molar-refractivity contribution < 1.29 is 18.0 Å². The highest BCUT2D eigenvalue weighted by molar-refractivity contribution is 6.33. The topological polar surface area (TPSA) is 48.5 Å². The summed E-state index contributed by atoms with van der Waals surface area (Å²) in [5.74, 6) is 0.425. The quantitative estimate of drug-likeness (QED) is 0.876. The maximum Gasteiger partial charge on any atom is 0.417 e. The average molecular weight is 363 g/mol. The van der Waals surface area contributed by atoms with Gasteiger partial charge in [-0.25, -0.2) is 4.98 Å². The maximum atomic E-state index is 12.7. The molecule has 24 heavy (non-hydrogen) atoms. The lowest BCUT2D eigenvalue weighted by atomic mass is 10.2. The Morgan fingerprint density at radius 3 is 2.54 bits per heavy atom. The summed E-state index contributed by atoms with van der Waals surface area (Å²) in [7, 11) is 0. The van der Waals surface area contributed by atoms with E-state index in [2.05, 4.69) is 10.3 Å². The lowest BCUT2D eigenvalue weighted by Gasteiger charge is -2.36. The zero-order valence-corrected chi connectivity index (χ0v) is 13.7. The third kappa shape index (κ3) is 3.59. The summed E-state index contributed by atoms with van der Waals surface area (Å²) in [5, 5.41) is 3.16. The molecule has 2 aliphatic heterocycles. The van der Waals surface area contributed by atoms with E-state index in [0.29, 0.717) is 32.0 Å². The number of piperazine rings is 1. The molecule has 0 aliphatic carbocycles. The first-order chi connectivity index (χ1) is 11.4. The van der Waals surface area contributed by atoms with E-state index in [1.165, 1.54) is 0 Å². The van der Waals surface area contributed by atoms with Crippen LogP contribution in [0.1, 0.15) is 18.4 Å². The summed E-state index contributed by atoms with van der Waals surface area (Å²) < 4.78 is 38.0. The highest BCUT2D eigenvalue weighted by Crippen LogP contribution is 2.33. The first-order valence-electron chi connectivity index (χ1n) is 7.86. The number of pyridine rings is 1. The molecule has 0 spiro atoms. The predicted octanol–water partition coefficient (Wildman–Crippen LogP) is 2.15. The van der Waals surface area contributed by atoms with Crippen molar-refractivity contribution in [3.05, 3.63) is 22.8 Å². The Morgan fingerprint density at radius 2 is 2.00 bits per heavy atom. The molecule has 0 saturated carbocycles. The van der Waals surface area contributed by atoms with Gasteiger partial charge in [-0.1, -0.05) is 11.6 Å². The molecule has 1 N–H and O–H groups in total. The van der Waals surface area contributed by atoms with Crippen molar-refractivity contribution in [2.75, 3.05) is 37.6 Å². The largest absolute Gasteiger partial charge is 0.417 e. The molecule has 5 nitrogen and oxygen atoms in total. The molecule has 1 unspecified atom stereocenters. The van der Waals surface area contributed by atoms with E-state index >= 15 is 0 Å². The number of rotatable bonds is 2. The molecule has 3 rings (SSSR count). The molecule has 1 amide bonds. The van der Waals surface area contributed by atoms with Crippen molar-refractivity contribution in [2.45, 2.75) is 25.1 Å². The molecule has 0 aromatic carbocycles. The minimum absolute atomic E-state index is 0.0259. The molecule has 1 aromatic heterocycles. The maximum absolute atomic E-state index is 12.7. The number of carbonyl (C=O) groups excluding carboxylic acids is 1. The van der Waals surface area contributed by atoms with Crippen LogP contribution in [-0.2, 0) is 11.0 Å². The van der Waals surface area contributed by atoms with Crippen molar-refractivity contribution in [2.24, 2.45) is 0 Å². The SMILES string of the molecule is O=C(C1CCCN1)N1CCN(c2ncc(C(F)(F)F)cc2Cl)CC1. The molecule has 9 heteroatoms. The summed E-state index contributed by atoms with van der Waals surface area (Å²) in [5.41, 5.74) is -0.864. The van der Waals surface area contributed by atoms with Crippen molar-refractivity contribution >= 4 is 23.3 Å². The molecule has 2 fully saturated rings. The summed E-state index contributed by atoms with van der Waals surface area (Å²) in [6, 6.07) is 0.786. The summed E-state index contributed by atoms with van der Waals surface area (Å²) in [6.07, 6.45) is -1.82. The Kier molecular flexibility index (Phi) is 4.87. The zero-order chi connectivity index (χ0) is 17.3. The number of carbonyl (C=O) groups is 1. The van der Waals surface area contributed by atoms with Gasteiger partial charge in [-0.05, 0) is 25.5 Å². The number of nitrogens with zero attached hydrogens (tertiary/aromatic N) is 3. The molecule has 132 valence electrons. The fraction of sp³-hybridized carbons (Fsp3) is 0.600. The summed E-state index contributed by atoms with van der Waals surface area (Å²) >= 11 is 5.98. The number of hydrogen-bond donors (Lipinski definition) is 1. The van der Waals surface area contributed by atoms with Gasteiger partial charge in [-0.2, -0.15) is 13.2 Å². The Labute approximate surface area is 142 Å². The van der Waals surface area contributed by atoms with Crippen LogP contribution in [0.3, 0.4) is 0 Å². The standard InChI is InChI=1S/C15H18ClF3N4O/c16-11-8-10(15(17,18)19)9-21-13(11)22-4-6-23(7-5-22)14(24)12-2-1-3-20-12/h8-9,12,20H,1-7H2.